The van der Waals surface area contributed by atoms with Gasteiger partial charge in [0.1, 0.15) is 37.7 Å². The Morgan fingerprint density at radius 3 is 0.949 bits per heavy atom. The minimum Gasteiger partial charge on any atom is -0.417 e. The Labute approximate surface area is 828 Å². The van der Waals surface area contributed by atoms with Crippen molar-refractivity contribution in [1.82, 2.24) is 104 Å². The van der Waals surface area contributed by atoms with Crippen LogP contribution in [-0.4, -0.2) is 88.8 Å². The van der Waals surface area contributed by atoms with Crippen LogP contribution in [0.2, 0.25) is 0 Å². The molecule has 15 heterocycles. The van der Waals surface area contributed by atoms with Crippen molar-refractivity contribution in [3.63, 3.8) is 0 Å². The molecule has 10 aromatic carbocycles. The Balaban J connectivity index is 0.000000116. The predicted octanol–water partition coefficient (Wildman–Crippen LogP) is 19.8. The fraction of sp³-hybridized carbons (Fsp3) is 0.0727. The average molecular weight is 2320 g/mol. The molecule has 0 amide bonds. The molecule has 25 rings (SSSR count). The number of aromatic nitrogens is 24. The van der Waals surface area contributed by atoms with Gasteiger partial charge in [0.05, 0.1) is 5.82 Å². The second kappa shape index (κ2) is 41.6. The molecule has 0 aliphatic heterocycles. The van der Waals surface area contributed by atoms with Crippen molar-refractivity contribution in [3.05, 3.63) is 407 Å². The van der Waals surface area contributed by atoms with Gasteiger partial charge in [0.15, 0.2) is 35.5 Å². The molecule has 673 valence electrons. The molecule has 0 fully saturated rings. The van der Waals surface area contributed by atoms with Gasteiger partial charge in [0.25, 0.3) is 0 Å². The summed E-state index contributed by atoms with van der Waals surface area (Å²) in [7, 11) is 5.90. The number of para-hydroxylation sites is 6. The number of benzene rings is 10. The van der Waals surface area contributed by atoms with Gasteiger partial charge in [-0.1, -0.05) is 195 Å². The molecule has 24 nitrogen and oxygen atoms in total. The zero-order valence-corrected chi connectivity index (χ0v) is 82.2. The SMILES string of the molecule is C[n+]1ccccc1-c1nc(-c2ccccc2)n[n-]1.C[n+]1ccccc1-c1nc(C(C)(C)C)n[n-]1.Cc1n[n-]c(-c2cccc[n+]2C)n1.[Ir].[Ir].[Ir].[c-]1ccc2c(c1-c1ccc3nccnc3n1)c1ccccc1n2-c1ccccc1.[c-]1ccc2c(c1-c1ccc3nccnc3n1)c1ccccc1n2-c1ccccc1.[c-]1ccc2c(c1-c1ccc3nccnc3n1)c1ccccc1n2-c1ccccc1. The quantitative estimate of drug-likeness (QED) is 0.0910. The van der Waals surface area contributed by atoms with E-state index in [0.29, 0.717) is 46.1 Å². The van der Waals surface area contributed by atoms with Crippen LogP contribution in [0.1, 0.15) is 32.4 Å². The van der Waals surface area contributed by atoms with Crippen LogP contribution in [0, 0.1) is 25.1 Å². The third kappa shape index (κ3) is 19.4. The number of fused-ring (bicyclic) bond motifs is 12. The summed E-state index contributed by atoms with van der Waals surface area (Å²) in [6, 6.07) is 119. The molecule has 0 saturated heterocycles. The normalized spacial score (nSPS) is 11.0. The number of hydrogen-bond donors (Lipinski definition) is 0. The summed E-state index contributed by atoms with van der Waals surface area (Å²) in [6.45, 7) is 8.08. The van der Waals surface area contributed by atoms with Crippen molar-refractivity contribution < 1.29 is 74.0 Å². The van der Waals surface area contributed by atoms with Crippen molar-refractivity contribution in [3.8, 4) is 96.8 Å². The van der Waals surface area contributed by atoms with Gasteiger partial charge in [0, 0.05) is 202 Å². The third-order valence-electron chi connectivity index (χ3n) is 22.7. The van der Waals surface area contributed by atoms with Gasteiger partial charge in [-0.3, -0.25) is 45.2 Å². The monoisotopic (exact) mass is 2320 g/mol. The van der Waals surface area contributed by atoms with Crippen molar-refractivity contribution in [1.29, 1.82) is 0 Å². The first-order valence-corrected chi connectivity index (χ1v) is 43.5. The second-order valence-electron chi connectivity index (χ2n) is 32.5. The number of nitrogens with zero attached hydrogens (tertiary/aromatic N) is 24. The Kier molecular flexibility index (Phi) is 28.1. The maximum Gasteiger partial charge on any atom is 0.205 e. The minimum absolute atomic E-state index is 0. The summed E-state index contributed by atoms with van der Waals surface area (Å²) in [5.41, 5.74) is 23.9. The number of aryl methyl sites for hydroxylation is 4. The molecule has 0 aliphatic rings. The molecule has 0 spiro atoms. The summed E-state index contributed by atoms with van der Waals surface area (Å²) in [6.07, 6.45) is 16.0. The van der Waals surface area contributed by atoms with Gasteiger partial charge >= 0.3 is 0 Å². The Bertz CT molecular complexity index is 7980. The van der Waals surface area contributed by atoms with Crippen molar-refractivity contribution in [2.75, 3.05) is 0 Å². The van der Waals surface area contributed by atoms with Gasteiger partial charge < -0.3 is 43.9 Å². The van der Waals surface area contributed by atoms with Crippen LogP contribution in [0.25, 0.3) is 196 Å². The van der Waals surface area contributed by atoms with Crippen LogP contribution in [-0.2, 0) is 86.9 Å². The first-order chi connectivity index (χ1) is 65.8. The molecule has 0 bridgehead atoms. The summed E-state index contributed by atoms with van der Waals surface area (Å²) >= 11 is 0. The van der Waals surface area contributed by atoms with Gasteiger partial charge in [-0.15, -0.1) is 71.3 Å². The van der Waals surface area contributed by atoms with E-state index in [2.05, 4.69) is 292 Å². The summed E-state index contributed by atoms with van der Waals surface area (Å²) < 4.78 is 12.8. The van der Waals surface area contributed by atoms with E-state index in [4.69, 9.17) is 15.0 Å². The van der Waals surface area contributed by atoms with Crippen LogP contribution in [0.5, 0.6) is 0 Å². The van der Waals surface area contributed by atoms with Crippen LogP contribution >= 0.6 is 0 Å². The van der Waals surface area contributed by atoms with E-state index >= 15 is 0 Å². The molecular formula is C110H83Ir3N24-3. The fourth-order valence-electron chi connectivity index (χ4n) is 16.4. The molecule has 25 aromatic rings. The zero-order valence-electron chi connectivity index (χ0n) is 75.0. The predicted molar refractivity (Wildman–Crippen MR) is 523 cm³/mol. The van der Waals surface area contributed by atoms with Crippen molar-refractivity contribution >= 4 is 98.9 Å². The smallest absolute Gasteiger partial charge is 0.205 e. The van der Waals surface area contributed by atoms with Crippen molar-refractivity contribution in [2.24, 2.45) is 21.1 Å². The third-order valence-corrected chi connectivity index (χ3v) is 22.7. The number of pyridine rings is 6. The summed E-state index contributed by atoms with van der Waals surface area (Å²) in [5, 5.41) is 31.3. The topological polar surface area (TPSA) is 262 Å². The molecule has 3 radical (unpaired) electrons. The average Bonchev–Trinajstić information content (AvgIpc) is 1.59. The van der Waals surface area contributed by atoms with E-state index in [1.807, 2.05) is 218 Å². The zero-order chi connectivity index (χ0) is 91.0. The summed E-state index contributed by atoms with van der Waals surface area (Å²) in [4.78, 5) is 53.6. The van der Waals surface area contributed by atoms with Crippen molar-refractivity contribution in [2.45, 2.75) is 33.1 Å². The molecule has 0 N–H and O–H groups in total. The number of rotatable bonds is 10. The van der Waals surface area contributed by atoms with Crippen LogP contribution in [0.4, 0.5) is 0 Å². The molecule has 15 aromatic heterocycles. The molecule has 137 heavy (non-hydrogen) atoms. The van der Waals surface area contributed by atoms with Gasteiger partial charge in [-0.25, -0.2) is 28.7 Å². The number of hydrogen-bond acceptors (Lipinski definition) is 15. The summed E-state index contributed by atoms with van der Waals surface area (Å²) in [5.74, 6) is 4.17. The van der Waals surface area contributed by atoms with Gasteiger partial charge in [-0.05, 0) is 153 Å². The molecule has 0 unspecified atom stereocenters. The van der Waals surface area contributed by atoms with E-state index in [1.54, 1.807) is 37.2 Å². The Morgan fingerprint density at radius 1 is 0.292 bits per heavy atom. The second-order valence-corrected chi connectivity index (χ2v) is 32.5. The van der Waals surface area contributed by atoms with E-state index in [0.717, 1.165) is 145 Å². The first-order valence-electron chi connectivity index (χ1n) is 43.5. The van der Waals surface area contributed by atoms with E-state index in [1.165, 1.54) is 16.2 Å². The largest absolute Gasteiger partial charge is 0.417 e. The minimum atomic E-state index is -0.0569. The van der Waals surface area contributed by atoms with Gasteiger partial charge in [-0.2, -0.15) is 0 Å². The maximum absolute atomic E-state index is 4.77. The Hall–Kier alpha value is -16.1. The molecule has 0 saturated carbocycles. The van der Waals surface area contributed by atoms with Gasteiger partial charge in [0.2, 0.25) is 17.1 Å². The van der Waals surface area contributed by atoms with Crippen LogP contribution < -0.4 is 29.0 Å². The van der Waals surface area contributed by atoms with E-state index in [9.17, 15) is 0 Å². The maximum atomic E-state index is 4.77. The molecule has 0 atom stereocenters. The first kappa shape index (κ1) is 92.7. The molecular weight excluding hydrogens is 2230 g/mol. The van der Waals surface area contributed by atoms with E-state index in [-0.39, 0.29) is 65.7 Å². The fourth-order valence-corrected chi connectivity index (χ4v) is 16.4. The van der Waals surface area contributed by atoms with Crippen LogP contribution in [0.3, 0.4) is 0 Å². The standard InChI is InChI=1S/3C25H15N4.C14H12N4.C12H16N4.C9H10N4.3Ir/c3*1-2-7-17(8-3-1)29-22-11-5-4-9-19(22)24-18(10-6-12-23(24)29)20-13-14-21-25(28-20)27-16-15-26-21;1-18-10-6-5-9-12(18)14-15-13(16-17-14)11-7-3-2-4-8-11;1-12(2,3)11-13-10(14-15-11)9-7-5-6-8-16(9)4;1-7-10-9(12-11-7)8-5-3-4-6-13(8)2;;;/h3*1-9,11-16H;2-10H,1H3;5-8H,1-4H3;3-6H,1-2H3;;;/q3*-1;;;;;;. The molecule has 27 heteroatoms. The van der Waals surface area contributed by atoms with Crippen LogP contribution in [0.15, 0.2) is 377 Å². The molecule has 0 aliphatic carbocycles. The Morgan fingerprint density at radius 2 is 0.606 bits per heavy atom. The van der Waals surface area contributed by atoms with E-state index < -0.39 is 0 Å².